The lowest BCUT2D eigenvalue weighted by molar-refractivity contribution is 0.524. The predicted molar refractivity (Wildman–Crippen MR) is 71.1 cm³/mol. The van der Waals surface area contributed by atoms with Crippen LogP contribution in [0.1, 0.15) is 50.1 Å². The van der Waals surface area contributed by atoms with Gasteiger partial charge < -0.3 is 5.73 Å². The molecular formula is C14H25N3. The summed E-state index contributed by atoms with van der Waals surface area (Å²) in [5.74, 6) is 0.979. The first kappa shape index (κ1) is 12.6. The highest BCUT2D eigenvalue weighted by Crippen LogP contribution is 2.33. The smallest absolute Gasteiger partial charge is 0.0657 e. The van der Waals surface area contributed by atoms with E-state index in [-0.39, 0.29) is 0 Å². The Balaban J connectivity index is 2.16. The van der Waals surface area contributed by atoms with Crippen molar-refractivity contribution in [2.24, 2.45) is 11.7 Å². The Morgan fingerprint density at radius 1 is 1.29 bits per heavy atom. The lowest BCUT2D eigenvalue weighted by Crippen LogP contribution is -2.08. The first-order valence-electron chi connectivity index (χ1n) is 7.07. The molecule has 3 heteroatoms. The molecule has 0 spiro atoms. The number of hydrogen-bond acceptors (Lipinski definition) is 2. The molecule has 0 unspecified atom stereocenters. The molecule has 0 saturated heterocycles. The zero-order chi connectivity index (χ0) is 12.3. The van der Waals surface area contributed by atoms with Gasteiger partial charge in [0.1, 0.15) is 0 Å². The molecule has 0 radical (unpaired) electrons. The molecule has 0 amide bonds. The molecule has 0 aliphatic heterocycles. The van der Waals surface area contributed by atoms with Gasteiger partial charge in [0.15, 0.2) is 0 Å². The maximum absolute atomic E-state index is 5.71. The number of rotatable bonds is 7. The summed E-state index contributed by atoms with van der Waals surface area (Å²) in [5, 5.41) is 4.78. The van der Waals surface area contributed by atoms with E-state index in [0.717, 1.165) is 38.3 Å². The van der Waals surface area contributed by atoms with E-state index >= 15 is 0 Å². The Hall–Kier alpha value is -0.830. The standard InChI is InChI=1S/C14H25N3/c1-3-13-12(7-9-15)14(4-2)17(16-13)10-8-11-5-6-11/h11H,3-10,15H2,1-2H3. The summed E-state index contributed by atoms with van der Waals surface area (Å²) in [6, 6.07) is 0. The van der Waals surface area contributed by atoms with Crippen molar-refractivity contribution >= 4 is 0 Å². The normalized spacial score (nSPS) is 15.5. The van der Waals surface area contributed by atoms with Crippen molar-refractivity contribution in [2.45, 2.75) is 58.9 Å². The number of aryl methyl sites for hydroxylation is 2. The van der Waals surface area contributed by atoms with E-state index in [0.29, 0.717) is 0 Å². The average molecular weight is 235 g/mol. The van der Waals surface area contributed by atoms with Gasteiger partial charge in [0, 0.05) is 12.2 Å². The van der Waals surface area contributed by atoms with Crippen LogP contribution < -0.4 is 5.73 Å². The molecule has 1 aromatic rings. The third kappa shape index (κ3) is 2.89. The Bertz CT molecular complexity index is 364. The van der Waals surface area contributed by atoms with E-state index in [1.165, 1.54) is 36.2 Å². The highest BCUT2D eigenvalue weighted by Gasteiger charge is 2.22. The summed E-state index contributed by atoms with van der Waals surface area (Å²) in [5.41, 5.74) is 9.83. The summed E-state index contributed by atoms with van der Waals surface area (Å²) in [4.78, 5) is 0. The maximum Gasteiger partial charge on any atom is 0.0657 e. The molecule has 1 aliphatic carbocycles. The second-order valence-corrected chi connectivity index (χ2v) is 5.07. The minimum atomic E-state index is 0.730. The van der Waals surface area contributed by atoms with Crippen LogP contribution in [0.15, 0.2) is 0 Å². The quantitative estimate of drug-likeness (QED) is 0.788. The summed E-state index contributed by atoms with van der Waals surface area (Å²) >= 11 is 0. The number of nitrogens with two attached hydrogens (primary N) is 1. The van der Waals surface area contributed by atoms with Crippen molar-refractivity contribution in [3.8, 4) is 0 Å². The molecule has 1 aromatic heterocycles. The van der Waals surface area contributed by atoms with Crippen molar-refractivity contribution < 1.29 is 0 Å². The van der Waals surface area contributed by atoms with Crippen molar-refractivity contribution in [2.75, 3.05) is 6.54 Å². The zero-order valence-corrected chi connectivity index (χ0v) is 11.2. The zero-order valence-electron chi connectivity index (χ0n) is 11.2. The van der Waals surface area contributed by atoms with E-state index < -0.39 is 0 Å². The van der Waals surface area contributed by atoms with Crippen LogP contribution >= 0.6 is 0 Å². The van der Waals surface area contributed by atoms with Gasteiger partial charge in [-0.1, -0.05) is 26.7 Å². The van der Waals surface area contributed by atoms with Gasteiger partial charge in [0.25, 0.3) is 0 Å². The maximum atomic E-state index is 5.71. The van der Waals surface area contributed by atoms with Gasteiger partial charge in [0.2, 0.25) is 0 Å². The lowest BCUT2D eigenvalue weighted by Gasteiger charge is -2.07. The van der Waals surface area contributed by atoms with Crippen molar-refractivity contribution in [3.63, 3.8) is 0 Å². The summed E-state index contributed by atoms with van der Waals surface area (Å²) in [7, 11) is 0. The first-order valence-corrected chi connectivity index (χ1v) is 7.07. The Labute approximate surface area is 104 Å². The molecule has 0 aromatic carbocycles. The Kier molecular flexibility index (Phi) is 4.21. The van der Waals surface area contributed by atoms with Crippen LogP contribution in [-0.2, 0) is 25.8 Å². The highest BCUT2D eigenvalue weighted by molar-refractivity contribution is 5.27. The molecule has 17 heavy (non-hydrogen) atoms. The molecule has 2 N–H and O–H groups in total. The number of hydrogen-bond donors (Lipinski definition) is 1. The second-order valence-electron chi connectivity index (χ2n) is 5.07. The fraction of sp³-hybridized carbons (Fsp3) is 0.786. The van der Waals surface area contributed by atoms with Gasteiger partial charge >= 0.3 is 0 Å². The minimum absolute atomic E-state index is 0.730. The van der Waals surface area contributed by atoms with E-state index in [1.807, 2.05) is 0 Å². The van der Waals surface area contributed by atoms with Gasteiger partial charge in [-0.25, -0.2) is 0 Å². The average Bonchev–Trinajstić information content (AvgIpc) is 3.10. The topological polar surface area (TPSA) is 43.8 Å². The van der Waals surface area contributed by atoms with Crippen molar-refractivity contribution in [3.05, 3.63) is 17.0 Å². The van der Waals surface area contributed by atoms with Crippen LogP contribution in [0, 0.1) is 5.92 Å². The largest absolute Gasteiger partial charge is 0.330 e. The molecule has 1 fully saturated rings. The van der Waals surface area contributed by atoms with Crippen molar-refractivity contribution in [1.82, 2.24) is 9.78 Å². The first-order chi connectivity index (χ1) is 8.30. The fourth-order valence-electron chi connectivity index (χ4n) is 2.60. The van der Waals surface area contributed by atoms with Crippen LogP contribution in [-0.4, -0.2) is 16.3 Å². The second kappa shape index (κ2) is 5.67. The molecule has 1 aliphatic rings. The molecule has 96 valence electrons. The monoisotopic (exact) mass is 235 g/mol. The highest BCUT2D eigenvalue weighted by atomic mass is 15.3. The third-order valence-corrected chi connectivity index (χ3v) is 3.76. The van der Waals surface area contributed by atoms with Gasteiger partial charge in [-0.05, 0) is 43.7 Å². The minimum Gasteiger partial charge on any atom is -0.330 e. The van der Waals surface area contributed by atoms with Crippen LogP contribution in [0.2, 0.25) is 0 Å². The van der Waals surface area contributed by atoms with E-state index in [9.17, 15) is 0 Å². The van der Waals surface area contributed by atoms with Crippen molar-refractivity contribution in [1.29, 1.82) is 0 Å². The lowest BCUT2D eigenvalue weighted by atomic mass is 10.1. The van der Waals surface area contributed by atoms with Crippen LogP contribution in [0.4, 0.5) is 0 Å². The van der Waals surface area contributed by atoms with E-state index in [1.54, 1.807) is 0 Å². The van der Waals surface area contributed by atoms with E-state index in [4.69, 9.17) is 10.8 Å². The summed E-state index contributed by atoms with van der Waals surface area (Å²) < 4.78 is 2.25. The Morgan fingerprint density at radius 3 is 2.59 bits per heavy atom. The van der Waals surface area contributed by atoms with Gasteiger partial charge in [0.05, 0.1) is 5.69 Å². The molecule has 2 rings (SSSR count). The molecular weight excluding hydrogens is 210 g/mol. The van der Waals surface area contributed by atoms with Crippen LogP contribution in [0.5, 0.6) is 0 Å². The molecule has 0 atom stereocenters. The molecule has 3 nitrogen and oxygen atoms in total. The van der Waals surface area contributed by atoms with Gasteiger partial charge in [-0.15, -0.1) is 0 Å². The summed E-state index contributed by atoms with van der Waals surface area (Å²) in [6.45, 7) is 6.25. The third-order valence-electron chi connectivity index (χ3n) is 3.76. The number of aromatic nitrogens is 2. The Morgan fingerprint density at radius 2 is 2.06 bits per heavy atom. The van der Waals surface area contributed by atoms with Crippen LogP contribution in [0.25, 0.3) is 0 Å². The molecule has 1 heterocycles. The summed E-state index contributed by atoms with van der Waals surface area (Å²) in [6.07, 6.45) is 7.25. The van der Waals surface area contributed by atoms with Crippen LogP contribution in [0.3, 0.4) is 0 Å². The molecule has 0 bridgehead atoms. The molecule has 1 saturated carbocycles. The van der Waals surface area contributed by atoms with E-state index in [2.05, 4.69) is 18.5 Å². The predicted octanol–water partition coefficient (Wildman–Crippen LogP) is 2.31. The fourth-order valence-corrected chi connectivity index (χ4v) is 2.60. The number of nitrogens with zero attached hydrogens (tertiary/aromatic N) is 2. The SMILES string of the molecule is CCc1nn(CCC2CC2)c(CC)c1CCN. The van der Waals surface area contributed by atoms with Gasteiger partial charge in [-0.3, -0.25) is 4.68 Å². The van der Waals surface area contributed by atoms with Gasteiger partial charge in [-0.2, -0.15) is 5.10 Å².